The number of imidazole rings is 1. The van der Waals surface area contributed by atoms with Crippen LogP contribution in [0.5, 0.6) is 5.75 Å². The third-order valence-corrected chi connectivity index (χ3v) is 7.33. The molecule has 2 aliphatic heterocycles. The van der Waals surface area contributed by atoms with Crippen molar-refractivity contribution >= 4 is 29.0 Å². The van der Waals surface area contributed by atoms with Crippen molar-refractivity contribution in [3.8, 4) is 17.0 Å². The van der Waals surface area contributed by atoms with Gasteiger partial charge in [0.25, 0.3) is 5.91 Å². The van der Waals surface area contributed by atoms with E-state index in [0.717, 1.165) is 24.8 Å². The lowest BCUT2D eigenvalue weighted by Crippen LogP contribution is -2.44. The molecule has 4 aromatic rings. The van der Waals surface area contributed by atoms with E-state index in [1.54, 1.807) is 29.8 Å². The van der Waals surface area contributed by atoms with Crippen molar-refractivity contribution in [2.75, 3.05) is 30.8 Å². The molecule has 0 spiro atoms. The van der Waals surface area contributed by atoms with Crippen LogP contribution in [0.1, 0.15) is 47.6 Å². The number of carbonyl (C=O) groups is 2. The number of nitrogen functional groups attached to an aromatic ring is 1. The summed E-state index contributed by atoms with van der Waals surface area (Å²) in [5.41, 5.74) is 6.95. The molecule has 2 amide bonds. The third-order valence-electron chi connectivity index (χ3n) is 7.33. The Balaban J connectivity index is 1.36. The van der Waals surface area contributed by atoms with Crippen LogP contribution in [0.15, 0.2) is 48.9 Å². The number of alkyl halides is 3. The molecule has 1 aromatic carbocycles. The maximum atomic E-state index is 13.1. The quantitative estimate of drug-likeness (QED) is 0.347. The molecule has 6 rings (SSSR count). The average molecular weight is 582 g/mol. The third kappa shape index (κ3) is 4.98. The van der Waals surface area contributed by atoms with E-state index in [2.05, 4.69) is 15.3 Å². The summed E-state index contributed by atoms with van der Waals surface area (Å²) >= 11 is 0. The first-order valence-electron chi connectivity index (χ1n) is 13.3. The molecule has 3 N–H and O–H groups in total. The summed E-state index contributed by atoms with van der Waals surface area (Å²) in [6, 6.07) is 6.24. The average Bonchev–Trinajstić information content (AvgIpc) is 3.54. The summed E-state index contributed by atoms with van der Waals surface area (Å²) in [4.78, 5) is 40.2. The Labute approximate surface area is 237 Å². The Morgan fingerprint density at radius 2 is 2.05 bits per heavy atom. The van der Waals surface area contributed by atoms with Crippen molar-refractivity contribution in [2.45, 2.75) is 38.1 Å². The Bertz CT molecular complexity index is 1690. The summed E-state index contributed by atoms with van der Waals surface area (Å²) < 4.78 is 53.1. The largest absolute Gasteiger partial charge is 0.493 e. The second-order valence-electron chi connectivity index (χ2n) is 9.94. The number of nitrogens with zero attached hydrogens (tertiary/aromatic N) is 5. The minimum absolute atomic E-state index is 0.0561. The molecule has 2 fully saturated rings. The van der Waals surface area contributed by atoms with Crippen molar-refractivity contribution in [1.29, 1.82) is 0 Å². The van der Waals surface area contributed by atoms with Crippen molar-refractivity contribution in [1.82, 2.24) is 24.3 Å². The number of pyridine rings is 1. The van der Waals surface area contributed by atoms with Gasteiger partial charge in [-0.3, -0.25) is 14.0 Å². The molecule has 0 bridgehead atoms. The van der Waals surface area contributed by atoms with Gasteiger partial charge in [0.05, 0.1) is 31.4 Å². The number of carbonyl (C=O) groups excluding carboxylic acids is 2. The summed E-state index contributed by atoms with van der Waals surface area (Å²) in [7, 11) is 0. The summed E-state index contributed by atoms with van der Waals surface area (Å²) in [5, 5.41) is 2.40. The minimum Gasteiger partial charge on any atom is -0.493 e. The number of hydrogen-bond donors (Lipinski definition) is 2. The fourth-order valence-corrected chi connectivity index (χ4v) is 5.33. The molecule has 3 aromatic heterocycles. The van der Waals surface area contributed by atoms with Crippen LogP contribution in [-0.2, 0) is 15.7 Å². The fourth-order valence-electron chi connectivity index (χ4n) is 5.33. The lowest BCUT2D eigenvalue weighted by molar-refractivity contribution is -0.138. The Morgan fingerprint density at radius 3 is 2.83 bits per heavy atom. The van der Waals surface area contributed by atoms with E-state index in [1.807, 2.05) is 4.90 Å². The minimum atomic E-state index is -4.58. The predicted molar refractivity (Wildman–Crippen MR) is 145 cm³/mol. The zero-order valence-corrected chi connectivity index (χ0v) is 22.4. The van der Waals surface area contributed by atoms with Crippen molar-refractivity contribution in [3.63, 3.8) is 0 Å². The molecule has 42 heavy (non-hydrogen) atoms. The molecule has 0 unspecified atom stereocenters. The molecule has 2 aliphatic rings. The first-order chi connectivity index (χ1) is 20.1. The van der Waals surface area contributed by atoms with Crippen LogP contribution in [0.2, 0.25) is 0 Å². The fraction of sp³-hybridized carbons (Fsp3) is 0.321. The van der Waals surface area contributed by atoms with E-state index >= 15 is 0 Å². The molecule has 2 saturated heterocycles. The zero-order chi connectivity index (χ0) is 29.6. The molecule has 218 valence electrons. The van der Waals surface area contributed by atoms with Gasteiger partial charge in [0.2, 0.25) is 5.91 Å². The molecule has 0 saturated carbocycles. The van der Waals surface area contributed by atoms with Gasteiger partial charge in [0.15, 0.2) is 0 Å². The van der Waals surface area contributed by atoms with Crippen LogP contribution in [-0.4, -0.2) is 61.9 Å². The van der Waals surface area contributed by atoms with Gasteiger partial charge in [-0.25, -0.2) is 15.0 Å². The Morgan fingerprint density at radius 1 is 1.21 bits per heavy atom. The number of aromatic nitrogens is 4. The number of hydrogen-bond acceptors (Lipinski definition) is 8. The highest BCUT2D eigenvalue weighted by molar-refractivity contribution is 6.04. The highest BCUT2D eigenvalue weighted by Crippen LogP contribution is 2.39. The molecule has 0 aliphatic carbocycles. The van der Waals surface area contributed by atoms with Gasteiger partial charge in [-0.15, -0.1) is 0 Å². The maximum absolute atomic E-state index is 13.1. The van der Waals surface area contributed by atoms with Crippen molar-refractivity contribution < 1.29 is 32.2 Å². The number of morpholine rings is 1. The molecule has 2 atom stereocenters. The highest BCUT2D eigenvalue weighted by atomic mass is 19.4. The first-order valence-corrected chi connectivity index (χ1v) is 13.3. The van der Waals surface area contributed by atoms with E-state index < -0.39 is 23.8 Å². The van der Waals surface area contributed by atoms with Gasteiger partial charge in [-0.2, -0.15) is 13.2 Å². The first kappa shape index (κ1) is 27.4. The van der Waals surface area contributed by atoms with Crippen LogP contribution in [0.3, 0.4) is 0 Å². The number of amides is 2. The van der Waals surface area contributed by atoms with Gasteiger partial charge < -0.3 is 25.4 Å². The molecule has 5 heterocycles. The predicted octanol–water partition coefficient (Wildman–Crippen LogP) is 4.11. The van der Waals surface area contributed by atoms with E-state index in [-0.39, 0.29) is 35.8 Å². The number of rotatable bonds is 6. The number of anilines is 2. The van der Waals surface area contributed by atoms with E-state index in [1.165, 1.54) is 12.1 Å². The number of fused-ring (bicyclic) bond motifs is 2. The standard InChI is InChI=1S/C28H26F3N7O4/c1-2-41-19-11-15(27(40)35-21-12-16(7-8-33-21)28(29,30)31)3-5-18(19)23-24-25(32)34-9-10-37(24)26(36-23)20-13-38-17(14-42-20)4-6-22(38)39/h3,5,7-12,17,20H,2,4,6,13-14H2,1H3,(H2,32,34)(H,33,35,40)/t17-,20-/m1/s1. The zero-order valence-electron chi connectivity index (χ0n) is 22.4. The normalized spacial score (nSPS) is 18.8. The van der Waals surface area contributed by atoms with Crippen molar-refractivity contribution in [2.24, 2.45) is 0 Å². The molecular weight excluding hydrogens is 555 g/mol. The van der Waals surface area contributed by atoms with Gasteiger partial charge >= 0.3 is 6.18 Å². The summed E-state index contributed by atoms with van der Waals surface area (Å²) in [5.74, 6) is 0.210. The van der Waals surface area contributed by atoms with Gasteiger partial charge in [0.1, 0.15) is 40.5 Å². The van der Waals surface area contributed by atoms with Crippen LogP contribution in [0.4, 0.5) is 24.8 Å². The monoisotopic (exact) mass is 581 g/mol. The second-order valence-corrected chi connectivity index (χ2v) is 9.94. The summed E-state index contributed by atoms with van der Waals surface area (Å²) in [6.07, 6.45) is 0.397. The molecular formula is C28H26F3N7O4. The SMILES string of the molecule is CCOc1cc(C(=O)Nc2cc(C(F)(F)F)ccn2)ccc1-c1nc([C@H]2CN3C(=O)CC[C@@H]3CO2)n2ccnc(N)c12. The Kier molecular flexibility index (Phi) is 6.93. The second kappa shape index (κ2) is 10.6. The molecule has 11 nitrogen and oxygen atoms in total. The lowest BCUT2D eigenvalue weighted by Gasteiger charge is -2.34. The van der Waals surface area contributed by atoms with E-state index in [9.17, 15) is 22.8 Å². The van der Waals surface area contributed by atoms with Gasteiger partial charge in [-0.05, 0) is 43.7 Å². The molecule has 0 radical (unpaired) electrons. The number of ether oxygens (including phenoxy) is 2. The number of nitrogens with two attached hydrogens (primary N) is 1. The van der Waals surface area contributed by atoms with Gasteiger partial charge in [-0.1, -0.05) is 0 Å². The van der Waals surface area contributed by atoms with Crippen molar-refractivity contribution in [3.05, 3.63) is 65.9 Å². The number of nitrogens with one attached hydrogen (secondary N) is 1. The van der Waals surface area contributed by atoms with Crippen LogP contribution >= 0.6 is 0 Å². The lowest BCUT2D eigenvalue weighted by atomic mass is 10.1. The van der Waals surface area contributed by atoms with E-state index in [0.29, 0.717) is 47.9 Å². The van der Waals surface area contributed by atoms with Crippen LogP contribution < -0.4 is 15.8 Å². The van der Waals surface area contributed by atoms with Crippen LogP contribution in [0, 0.1) is 0 Å². The number of benzene rings is 1. The number of halogens is 3. The topological polar surface area (TPSA) is 137 Å². The molecule has 14 heteroatoms. The van der Waals surface area contributed by atoms with Gasteiger partial charge in [0, 0.05) is 36.1 Å². The highest BCUT2D eigenvalue weighted by Gasteiger charge is 2.39. The van der Waals surface area contributed by atoms with Crippen LogP contribution in [0.25, 0.3) is 16.8 Å². The van der Waals surface area contributed by atoms with E-state index in [4.69, 9.17) is 20.2 Å². The smallest absolute Gasteiger partial charge is 0.416 e. The summed E-state index contributed by atoms with van der Waals surface area (Å²) in [6.45, 7) is 2.78. The Hall–Kier alpha value is -4.72. The maximum Gasteiger partial charge on any atom is 0.416 e.